The molecule has 1 aromatic carbocycles. The first-order valence-electron chi connectivity index (χ1n) is 4.91. The number of halogens is 3. The van der Waals surface area contributed by atoms with Gasteiger partial charge in [-0.05, 0) is 12.1 Å². The molecule has 9 heteroatoms. The van der Waals surface area contributed by atoms with Crippen molar-refractivity contribution in [2.45, 2.75) is 6.18 Å². The summed E-state index contributed by atoms with van der Waals surface area (Å²) in [7, 11) is 0.865. The van der Waals surface area contributed by atoms with Crippen LogP contribution in [-0.2, 0) is 0 Å². The first-order valence-corrected chi connectivity index (χ1v) is 4.91. The predicted octanol–water partition coefficient (Wildman–Crippen LogP) is 1.93. The number of carbonyl (C=O) groups excluding carboxylic acids is 1. The fourth-order valence-electron chi connectivity index (χ4n) is 1.40. The summed E-state index contributed by atoms with van der Waals surface area (Å²) in [4.78, 5) is 21.8. The van der Waals surface area contributed by atoms with Crippen molar-refractivity contribution in [3.05, 3.63) is 33.9 Å². The number of hydrogen-bond acceptors (Lipinski definition) is 4. The van der Waals surface area contributed by atoms with E-state index in [4.69, 9.17) is 5.11 Å². The molecular weight excluding hydrogens is 269 g/mol. The highest BCUT2D eigenvalue weighted by Gasteiger charge is 2.33. The summed E-state index contributed by atoms with van der Waals surface area (Å²) in [6, 6.07) is 2.58. The zero-order chi connectivity index (χ0) is 14.8. The number of amides is 1. The average Bonchev–Trinajstić information content (AvgIpc) is 2.25. The lowest BCUT2D eigenvalue weighted by molar-refractivity contribution is -0.385. The van der Waals surface area contributed by atoms with E-state index >= 15 is 0 Å². The normalized spacial score (nSPS) is 11.2. The molecule has 0 aromatic heterocycles. The molecule has 1 aromatic rings. The van der Waals surface area contributed by atoms with E-state index in [-0.39, 0.29) is 0 Å². The molecule has 0 fully saturated rings. The number of benzene rings is 1. The van der Waals surface area contributed by atoms with E-state index in [9.17, 15) is 28.1 Å². The van der Waals surface area contributed by atoms with Crippen molar-refractivity contribution in [1.29, 1.82) is 0 Å². The Morgan fingerprint density at radius 3 is 2.53 bits per heavy atom. The van der Waals surface area contributed by atoms with E-state index in [1.165, 1.54) is 0 Å². The highest BCUT2D eigenvalue weighted by Crippen LogP contribution is 2.25. The van der Waals surface area contributed by atoms with Gasteiger partial charge in [0.1, 0.15) is 17.9 Å². The lowest BCUT2D eigenvalue weighted by atomic mass is 10.1. The summed E-state index contributed by atoms with van der Waals surface area (Å²) in [6.07, 6.45) is -4.62. The van der Waals surface area contributed by atoms with Crippen molar-refractivity contribution in [3.8, 4) is 5.75 Å². The first kappa shape index (κ1) is 14.7. The molecular formula is C10H9F3N2O4. The molecule has 0 radical (unpaired) electrons. The number of nitro benzene ring substituents is 1. The lowest BCUT2D eigenvalue weighted by Crippen LogP contribution is -2.36. The van der Waals surface area contributed by atoms with Gasteiger partial charge in [-0.1, -0.05) is 0 Å². The Morgan fingerprint density at radius 1 is 1.47 bits per heavy atom. The van der Waals surface area contributed by atoms with Gasteiger partial charge in [-0.15, -0.1) is 0 Å². The Kier molecular flexibility index (Phi) is 3.98. The maximum Gasteiger partial charge on any atom is 0.406 e. The Bertz CT molecular complexity index is 516. The zero-order valence-electron chi connectivity index (χ0n) is 9.64. The Hall–Kier alpha value is -2.32. The highest BCUT2D eigenvalue weighted by atomic mass is 19.4. The number of rotatable bonds is 3. The Labute approximate surface area is 105 Å². The third kappa shape index (κ3) is 3.83. The SMILES string of the molecule is CN(CC(F)(F)F)C(=O)c1cc(O)ccc1[N+](=O)[O-]. The molecule has 19 heavy (non-hydrogen) atoms. The van der Waals surface area contributed by atoms with Crippen molar-refractivity contribution in [3.63, 3.8) is 0 Å². The quantitative estimate of drug-likeness (QED) is 0.676. The number of nitro groups is 1. The molecule has 0 heterocycles. The molecule has 1 N–H and O–H groups in total. The molecule has 0 saturated heterocycles. The summed E-state index contributed by atoms with van der Waals surface area (Å²) < 4.78 is 36.4. The van der Waals surface area contributed by atoms with Crippen LogP contribution in [0.4, 0.5) is 18.9 Å². The second kappa shape index (κ2) is 5.12. The summed E-state index contributed by atoms with van der Waals surface area (Å²) in [5.41, 5.74) is -1.27. The molecule has 0 spiro atoms. The van der Waals surface area contributed by atoms with Gasteiger partial charge in [-0.3, -0.25) is 14.9 Å². The second-order valence-electron chi connectivity index (χ2n) is 3.73. The van der Waals surface area contributed by atoms with Crippen LogP contribution < -0.4 is 0 Å². The van der Waals surface area contributed by atoms with Gasteiger partial charge >= 0.3 is 6.18 Å². The number of phenols is 1. The Morgan fingerprint density at radius 2 is 2.05 bits per heavy atom. The molecule has 0 atom stereocenters. The van der Waals surface area contributed by atoms with Gasteiger partial charge in [0.2, 0.25) is 0 Å². The number of phenolic OH excluding ortho intramolecular Hbond substituents is 1. The van der Waals surface area contributed by atoms with Crippen LogP contribution in [0, 0.1) is 10.1 Å². The number of aromatic hydroxyl groups is 1. The fourth-order valence-corrected chi connectivity index (χ4v) is 1.40. The number of alkyl halides is 3. The van der Waals surface area contributed by atoms with Gasteiger partial charge in [0.25, 0.3) is 11.6 Å². The first-order chi connectivity index (χ1) is 8.61. The van der Waals surface area contributed by atoms with Crippen molar-refractivity contribution in [1.82, 2.24) is 4.90 Å². The van der Waals surface area contributed by atoms with Gasteiger partial charge in [0, 0.05) is 13.1 Å². The standard InChI is InChI=1S/C10H9F3N2O4/c1-14(5-10(11,12)13)9(17)7-4-6(16)2-3-8(7)15(18)19/h2-4,16H,5H2,1H3. The molecule has 104 valence electrons. The van der Waals surface area contributed by atoms with Crippen LogP contribution in [0.2, 0.25) is 0 Å². The maximum atomic E-state index is 12.1. The minimum atomic E-state index is -4.62. The van der Waals surface area contributed by atoms with Gasteiger partial charge in [0.15, 0.2) is 0 Å². The smallest absolute Gasteiger partial charge is 0.406 e. The largest absolute Gasteiger partial charge is 0.508 e. The Balaban J connectivity index is 3.11. The van der Waals surface area contributed by atoms with E-state index in [0.29, 0.717) is 4.90 Å². The topological polar surface area (TPSA) is 83.7 Å². The van der Waals surface area contributed by atoms with Crippen molar-refractivity contribution >= 4 is 11.6 Å². The summed E-state index contributed by atoms with van der Waals surface area (Å²) in [5.74, 6) is -1.64. The molecule has 0 aliphatic rings. The number of nitrogens with zero attached hydrogens (tertiary/aromatic N) is 2. The van der Waals surface area contributed by atoms with Gasteiger partial charge in [-0.25, -0.2) is 0 Å². The van der Waals surface area contributed by atoms with Crippen molar-refractivity contribution in [2.24, 2.45) is 0 Å². The molecule has 6 nitrogen and oxygen atoms in total. The fraction of sp³-hybridized carbons (Fsp3) is 0.300. The summed E-state index contributed by atoms with van der Waals surface area (Å²) >= 11 is 0. The molecule has 0 aliphatic carbocycles. The molecule has 1 rings (SSSR count). The summed E-state index contributed by atoms with van der Waals surface area (Å²) in [5, 5.41) is 19.8. The van der Waals surface area contributed by atoms with Crippen LogP contribution in [0.5, 0.6) is 5.75 Å². The van der Waals surface area contributed by atoms with Crippen LogP contribution >= 0.6 is 0 Å². The maximum absolute atomic E-state index is 12.1. The molecule has 0 aliphatic heterocycles. The van der Waals surface area contributed by atoms with Gasteiger partial charge in [0.05, 0.1) is 4.92 Å². The van der Waals surface area contributed by atoms with E-state index in [2.05, 4.69) is 0 Å². The average molecular weight is 278 g/mol. The monoisotopic (exact) mass is 278 g/mol. The molecule has 0 bridgehead atoms. The zero-order valence-corrected chi connectivity index (χ0v) is 9.64. The van der Waals surface area contributed by atoms with Crippen molar-refractivity contribution in [2.75, 3.05) is 13.6 Å². The third-order valence-electron chi connectivity index (χ3n) is 2.17. The minimum absolute atomic E-state index is 0.293. The molecule has 1 amide bonds. The third-order valence-corrected chi connectivity index (χ3v) is 2.17. The van der Waals surface area contributed by atoms with Gasteiger partial charge in [-0.2, -0.15) is 13.2 Å². The lowest BCUT2D eigenvalue weighted by Gasteiger charge is -2.18. The van der Waals surface area contributed by atoms with Crippen LogP contribution in [0.3, 0.4) is 0 Å². The number of carbonyl (C=O) groups is 1. The van der Waals surface area contributed by atoms with E-state index in [1.807, 2.05) is 0 Å². The predicted molar refractivity (Wildman–Crippen MR) is 57.8 cm³/mol. The van der Waals surface area contributed by atoms with E-state index in [0.717, 1.165) is 25.2 Å². The van der Waals surface area contributed by atoms with Crippen LogP contribution in [0.1, 0.15) is 10.4 Å². The van der Waals surface area contributed by atoms with Crippen LogP contribution in [0.25, 0.3) is 0 Å². The molecule has 0 unspecified atom stereocenters. The van der Waals surface area contributed by atoms with E-state index < -0.39 is 40.6 Å². The molecule has 0 saturated carbocycles. The van der Waals surface area contributed by atoms with Gasteiger partial charge < -0.3 is 10.0 Å². The second-order valence-corrected chi connectivity index (χ2v) is 3.73. The number of hydrogen-bond donors (Lipinski definition) is 1. The minimum Gasteiger partial charge on any atom is -0.508 e. The summed E-state index contributed by atoms with van der Waals surface area (Å²) in [6.45, 7) is -1.54. The highest BCUT2D eigenvalue weighted by molar-refractivity contribution is 5.98. The van der Waals surface area contributed by atoms with Crippen LogP contribution in [-0.4, -0.2) is 40.6 Å². The van der Waals surface area contributed by atoms with Crippen LogP contribution in [0.15, 0.2) is 18.2 Å². The van der Waals surface area contributed by atoms with E-state index in [1.54, 1.807) is 0 Å². The van der Waals surface area contributed by atoms with Crippen molar-refractivity contribution < 1.29 is 28.0 Å².